The van der Waals surface area contributed by atoms with Gasteiger partial charge in [0.2, 0.25) is 0 Å². The molecule has 1 nitrogen and oxygen atoms in total. The molecule has 1 saturated heterocycles. The minimum atomic E-state index is 0.995. The summed E-state index contributed by atoms with van der Waals surface area (Å²) in [6, 6.07) is 0. The Kier molecular flexibility index (Phi) is 5.13. The molecule has 10 heavy (non-hydrogen) atoms. The van der Waals surface area contributed by atoms with Gasteiger partial charge >= 0.3 is 0 Å². The van der Waals surface area contributed by atoms with Crippen LogP contribution in [0.15, 0.2) is 0 Å². The lowest BCUT2D eigenvalue weighted by Gasteiger charge is -2.16. The monoisotopic (exact) mass is 195 g/mol. The van der Waals surface area contributed by atoms with E-state index in [1.54, 1.807) is 0 Å². The van der Waals surface area contributed by atoms with Crippen molar-refractivity contribution in [3.8, 4) is 0 Å². The van der Waals surface area contributed by atoms with E-state index in [-0.39, 0.29) is 0 Å². The van der Waals surface area contributed by atoms with Gasteiger partial charge in [-0.25, -0.2) is 0 Å². The SMILES string of the molecule is SCCN1CCSSCC1. The first-order chi connectivity index (χ1) is 4.93. The Hall–Kier alpha value is 1.01. The van der Waals surface area contributed by atoms with Crippen LogP contribution in [0.25, 0.3) is 0 Å². The summed E-state index contributed by atoms with van der Waals surface area (Å²) in [5.74, 6) is 3.55. The van der Waals surface area contributed by atoms with Crippen molar-refractivity contribution < 1.29 is 0 Å². The van der Waals surface area contributed by atoms with Gasteiger partial charge in [-0.3, -0.25) is 0 Å². The Balaban J connectivity index is 2.15. The zero-order valence-electron chi connectivity index (χ0n) is 5.95. The van der Waals surface area contributed by atoms with Gasteiger partial charge in [0, 0.05) is 36.9 Å². The topological polar surface area (TPSA) is 3.24 Å². The summed E-state index contributed by atoms with van der Waals surface area (Å²) in [6.45, 7) is 3.65. The maximum absolute atomic E-state index is 4.21. The van der Waals surface area contributed by atoms with Gasteiger partial charge in [0.15, 0.2) is 0 Å². The zero-order valence-corrected chi connectivity index (χ0v) is 8.48. The molecule has 1 aliphatic heterocycles. The van der Waals surface area contributed by atoms with Crippen LogP contribution in [-0.4, -0.2) is 41.8 Å². The largest absolute Gasteiger partial charge is 0.301 e. The number of nitrogens with zero attached hydrogens (tertiary/aromatic N) is 1. The lowest BCUT2D eigenvalue weighted by atomic mass is 10.5. The lowest BCUT2D eigenvalue weighted by Crippen LogP contribution is -2.28. The van der Waals surface area contributed by atoms with Crippen molar-refractivity contribution >= 4 is 34.2 Å². The second-order valence-electron chi connectivity index (χ2n) is 2.21. The first kappa shape index (κ1) is 9.10. The maximum Gasteiger partial charge on any atom is 0.0165 e. The lowest BCUT2D eigenvalue weighted by molar-refractivity contribution is 0.331. The molecule has 0 spiro atoms. The molecule has 1 fully saturated rings. The van der Waals surface area contributed by atoms with Crippen molar-refractivity contribution in [2.24, 2.45) is 0 Å². The highest BCUT2D eigenvalue weighted by atomic mass is 33.1. The van der Waals surface area contributed by atoms with E-state index in [0.717, 1.165) is 12.3 Å². The van der Waals surface area contributed by atoms with E-state index >= 15 is 0 Å². The highest BCUT2D eigenvalue weighted by Crippen LogP contribution is 2.23. The van der Waals surface area contributed by atoms with Gasteiger partial charge in [0.25, 0.3) is 0 Å². The molecule has 0 atom stereocenters. The van der Waals surface area contributed by atoms with Crippen LogP contribution in [0.3, 0.4) is 0 Å². The van der Waals surface area contributed by atoms with Gasteiger partial charge in [-0.15, -0.1) is 0 Å². The fourth-order valence-electron chi connectivity index (χ4n) is 0.927. The van der Waals surface area contributed by atoms with Crippen LogP contribution in [0.1, 0.15) is 0 Å². The van der Waals surface area contributed by atoms with Crippen LogP contribution in [0.4, 0.5) is 0 Å². The van der Waals surface area contributed by atoms with Crippen molar-refractivity contribution in [1.29, 1.82) is 0 Å². The third-order valence-electron chi connectivity index (χ3n) is 1.48. The normalized spacial score (nSPS) is 22.5. The third kappa shape index (κ3) is 3.42. The van der Waals surface area contributed by atoms with E-state index in [1.807, 2.05) is 21.6 Å². The van der Waals surface area contributed by atoms with Gasteiger partial charge in [-0.2, -0.15) is 12.6 Å². The van der Waals surface area contributed by atoms with E-state index in [9.17, 15) is 0 Å². The molecule has 1 heterocycles. The highest BCUT2D eigenvalue weighted by molar-refractivity contribution is 8.76. The molecule has 0 amide bonds. The first-order valence-electron chi connectivity index (χ1n) is 3.51. The van der Waals surface area contributed by atoms with Crippen LogP contribution in [0.5, 0.6) is 0 Å². The first-order valence-corrected chi connectivity index (χ1v) is 6.63. The van der Waals surface area contributed by atoms with Gasteiger partial charge < -0.3 is 4.90 Å². The standard InChI is InChI=1S/C6H13NS3/c8-4-1-7-2-5-9-10-6-3-7/h8H,1-6H2. The highest BCUT2D eigenvalue weighted by Gasteiger charge is 2.07. The number of hydrogen-bond acceptors (Lipinski definition) is 4. The second kappa shape index (κ2) is 5.63. The van der Waals surface area contributed by atoms with Crippen molar-refractivity contribution in [3.05, 3.63) is 0 Å². The van der Waals surface area contributed by atoms with Crippen LogP contribution < -0.4 is 0 Å². The molecule has 0 N–H and O–H groups in total. The van der Waals surface area contributed by atoms with E-state index in [4.69, 9.17) is 0 Å². The summed E-state index contributed by atoms with van der Waals surface area (Å²) < 4.78 is 0. The Bertz CT molecular complexity index is 81.1. The molecule has 1 aliphatic rings. The molecule has 0 saturated carbocycles. The fraction of sp³-hybridized carbons (Fsp3) is 1.00. The summed E-state index contributed by atoms with van der Waals surface area (Å²) in [6.07, 6.45) is 0. The smallest absolute Gasteiger partial charge is 0.0165 e. The van der Waals surface area contributed by atoms with Gasteiger partial charge in [0.05, 0.1) is 0 Å². The maximum atomic E-state index is 4.21. The molecule has 4 heteroatoms. The molecule has 0 aromatic rings. The molecule has 0 unspecified atom stereocenters. The molecular weight excluding hydrogens is 182 g/mol. The molecule has 0 bridgehead atoms. The predicted molar refractivity (Wildman–Crippen MR) is 55.2 cm³/mol. The predicted octanol–water partition coefficient (Wildman–Crippen LogP) is 1.61. The van der Waals surface area contributed by atoms with E-state index < -0.39 is 0 Å². The third-order valence-corrected chi connectivity index (χ3v) is 4.05. The molecule has 60 valence electrons. The molecule has 0 aromatic heterocycles. The summed E-state index contributed by atoms with van der Waals surface area (Å²) in [5.41, 5.74) is 0. The van der Waals surface area contributed by atoms with Crippen molar-refractivity contribution in [1.82, 2.24) is 4.90 Å². The Morgan fingerprint density at radius 2 is 1.80 bits per heavy atom. The number of hydrogen-bond donors (Lipinski definition) is 1. The van der Waals surface area contributed by atoms with Gasteiger partial charge in [-0.1, -0.05) is 21.6 Å². The minimum Gasteiger partial charge on any atom is -0.301 e. The molecule has 0 radical (unpaired) electrons. The summed E-state index contributed by atoms with van der Waals surface area (Å²) >= 11 is 4.21. The Morgan fingerprint density at radius 3 is 2.30 bits per heavy atom. The molecule has 1 rings (SSSR count). The minimum absolute atomic E-state index is 0.995. The number of thiol groups is 1. The summed E-state index contributed by atoms with van der Waals surface area (Å²) in [7, 11) is 3.99. The van der Waals surface area contributed by atoms with Crippen LogP contribution >= 0.6 is 34.2 Å². The average Bonchev–Trinajstić information content (AvgIpc) is 2.17. The van der Waals surface area contributed by atoms with Crippen molar-refractivity contribution in [2.75, 3.05) is 36.9 Å². The van der Waals surface area contributed by atoms with Crippen molar-refractivity contribution in [3.63, 3.8) is 0 Å². The quantitative estimate of drug-likeness (QED) is 0.527. The summed E-state index contributed by atoms with van der Waals surface area (Å²) in [5, 5.41) is 0. The van der Waals surface area contributed by atoms with Gasteiger partial charge in [-0.05, 0) is 0 Å². The van der Waals surface area contributed by atoms with Gasteiger partial charge in [0.1, 0.15) is 0 Å². The van der Waals surface area contributed by atoms with Crippen LogP contribution in [-0.2, 0) is 0 Å². The number of rotatable bonds is 2. The molecular formula is C6H13NS3. The fourth-order valence-corrected chi connectivity index (χ4v) is 3.27. The molecule has 0 aromatic carbocycles. The second-order valence-corrected chi connectivity index (χ2v) is 5.36. The van der Waals surface area contributed by atoms with Crippen molar-refractivity contribution in [2.45, 2.75) is 0 Å². The zero-order chi connectivity index (χ0) is 7.23. The van der Waals surface area contributed by atoms with Crippen LogP contribution in [0, 0.1) is 0 Å². The van der Waals surface area contributed by atoms with Crippen LogP contribution in [0.2, 0.25) is 0 Å². The Morgan fingerprint density at radius 1 is 1.20 bits per heavy atom. The van der Waals surface area contributed by atoms with E-state index in [0.29, 0.717) is 0 Å². The van der Waals surface area contributed by atoms with E-state index in [2.05, 4.69) is 17.5 Å². The average molecular weight is 195 g/mol. The molecule has 0 aliphatic carbocycles. The summed E-state index contributed by atoms with van der Waals surface area (Å²) in [4.78, 5) is 2.49. The Labute approximate surface area is 76.1 Å². The van der Waals surface area contributed by atoms with E-state index in [1.165, 1.54) is 24.6 Å².